The minimum Gasteiger partial charge on any atom is -0.374 e. The molecule has 1 unspecified atom stereocenters. The summed E-state index contributed by atoms with van der Waals surface area (Å²) in [6.45, 7) is 5.19. The van der Waals surface area contributed by atoms with Gasteiger partial charge >= 0.3 is 0 Å². The second kappa shape index (κ2) is 10.6. The SMILES string of the molecule is CCCCCCCCCCC(N)C1(OCC)CCCC1. The van der Waals surface area contributed by atoms with Crippen LogP contribution in [0.4, 0.5) is 0 Å². The van der Waals surface area contributed by atoms with Crippen LogP contribution in [0, 0.1) is 0 Å². The van der Waals surface area contributed by atoms with Crippen molar-refractivity contribution < 1.29 is 4.74 Å². The second-order valence-electron chi connectivity index (χ2n) is 6.57. The van der Waals surface area contributed by atoms with Crippen LogP contribution in [0.2, 0.25) is 0 Å². The van der Waals surface area contributed by atoms with Gasteiger partial charge < -0.3 is 10.5 Å². The van der Waals surface area contributed by atoms with Gasteiger partial charge in [0.1, 0.15) is 0 Å². The summed E-state index contributed by atoms with van der Waals surface area (Å²) in [6, 6.07) is 0.255. The van der Waals surface area contributed by atoms with E-state index in [1.807, 2.05) is 0 Å². The summed E-state index contributed by atoms with van der Waals surface area (Å²) in [5, 5.41) is 0. The van der Waals surface area contributed by atoms with Crippen LogP contribution < -0.4 is 5.73 Å². The van der Waals surface area contributed by atoms with E-state index in [9.17, 15) is 0 Å². The van der Waals surface area contributed by atoms with Gasteiger partial charge in [0.2, 0.25) is 0 Å². The largest absolute Gasteiger partial charge is 0.374 e. The summed E-state index contributed by atoms with van der Waals surface area (Å²) in [4.78, 5) is 0. The molecule has 0 spiro atoms. The van der Waals surface area contributed by atoms with E-state index in [1.165, 1.54) is 77.0 Å². The third-order valence-electron chi connectivity index (χ3n) is 4.93. The molecule has 0 heterocycles. The maximum Gasteiger partial charge on any atom is 0.0832 e. The molecule has 0 aliphatic heterocycles. The van der Waals surface area contributed by atoms with Crippen LogP contribution in [-0.2, 0) is 4.74 Å². The third-order valence-corrected chi connectivity index (χ3v) is 4.93. The number of nitrogens with two attached hydrogens (primary N) is 1. The molecule has 1 atom stereocenters. The van der Waals surface area contributed by atoms with Crippen molar-refractivity contribution in [2.24, 2.45) is 5.73 Å². The van der Waals surface area contributed by atoms with Gasteiger partial charge in [0.15, 0.2) is 0 Å². The Labute approximate surface area is 126 Å². The average molecular weight is 284 g/mol. The molecule has 0 aromatic heterocycles. The molecule has 20 heavy (non-hydrogen) atoms. The molecule has 120 valence electrons. The van der Waals surface area contributed by atoms with Gasteiger partial charge in [-0.05, 0) is 26.2 Å². The van der Waals surface area contributed by atoms with Gasteiger partial charge in [-0.25, -0.2) is 0 Å². The molecule has 1 saturated carbocycles. The van der Waals surface area contributed by atoms with E-state index >= 15 is 0 Å². The molecule has 1 aliphatic rings. The minimum absolute atomic E-state index is 0.0237. The molecule has 1 fully saturated rings. The van der Waals surface area contributed by atoms with Crippen molar-refractivity contribution in [2.75, 3.05) is 6.61 Å². The fourth-order valence-corrected chi connectivity index (χ4v) is 3.64. The molecular formula is C18H37NO. The fraction of sp³-hybridized carbons (Fsp3) is 1.00. The Morgan fingerprint density at radius 2 is 1.45 bits per heavy atom. The lowest BCUT2D eigenvalue weighted by molar-refractivity contribution is -0.0546. The topological polar surface area (TPSA) is 35.2 Å². The monoisotopic (exact) mass is 283 g/mol. The van der Waals surface area contributed by atoms with Gasteiger partial charge in [0.05, 0.1) is 5.60 Å². The summed E-state index contributed by atoms with van der Waals surface area (Å²) in [5.74, 6) is 0. The molecule has 1 aliphatic carbocycles. The van der Waals surface area contributed by atoms with Crippen LogP contribution >= 0.6 is 0 Å². The standard InChI is InChI=1S/C18H37NO/c1-3-5-6-7-8-9-10-11-14-17(19)18(20-4-2)15-12-13-16-18/h17H,3-16,19H2,1-2H3. The molecule has 0 aromatic carbocycles. The minimum atomic E-state index is 0.0237. The van der Waals surface area contributed by atoms with E-state index < -0.39 is 0 Å². The van der Waals surface area contributed by atoms with E-state index in [0.29, 0.717) is 0 Å². The van der Waals surface area contributed by atoms with Crippen LogP contribution in [0.1, 0.15) is 97.3 Å². The van der Waals surface area contributed by atoms with Crippen molar-refractivity contribution in [3.05, 3.63) is 0 Å². The van der Waals surface area contributed by atoms with Gasteiger partial charge in [-0.1, -0.05) is 71.1 Å². The molecule has 0 aromatic rings. The van der Waals surface area contributed by atoms with Crippen molar-refractivity contribution in [1.82, 2.24) is 0 Å². The lowest BCUT2D eigenvalue weighted by atomic mass is 9.88. The summed E-state index contributed by atoms with van der Waals surface area (Å²) < 4.78 is 6.05. The molecule has 2 heteroatoms. The molecule has 2 nitrogen and oxygen atoms in total. The van der Waals surface area contributed by atoms with Crippen LogP contribution in [-0.4, -0.2) is 18.2 Å². The van der Waals surface area contributed by atoms with E-state index in [0.717, 1.165) is 13.0 Å². The van der Waals surface area contributed by atoms with E-state index in [-0.39, 0.29) is 11.6 Å². The third kappa shape index (κ3) is 6.13. The quantitative estimate of drug-likeness (QED) is 0.500. The van der Waals surface area contributed by atoms with Gasteiger partial charge in [-0.2, -0.15) is 0 Å². The van der Waals surface area contributed by atoms with Crippen molar-refractivity contribution in [2.45, 2.75) is 109 Å². The Balaban J connectivity index is 2.08. The maximum absolute atomic E-state index is 6.46. The van der Waals surface area contributed by atoms with Crippen LogP contribution in [0.15, 0.2) is 0 Å². The van der Waals surface area contributed by atoms with Crippen LogP contribution in [0.5, 0.6) is 0 Å². The number of rotatable bonds is 12. The summed E-state index contributed by atoms with van der Waals surface area (Å²) in [5.41, 5.74) is 6.48. The van der Waals surface area contributed by atoms with E-state index in [2.05, 4.69) is 13.8 Å². The highest BCUT2D eigenvalue weighted by Gasteiger charge is 2.39. The van der Waals surface area contributed by atoms with E-state index in [4.69, 9.17) is 10.5 Å². The molecule has 0 amide bonds. The Morgan fingerprint density at radius 1 is 0.900 bits per heavy atom. The normalized spacial score (nSPS) is 19.4. The smallest absolute Gasteiger partial charge is 0.0832 e. The molecular weight excluding hydrogens is 246 g/mol. The number of hydrogen-bond donors (Lipinski definition) is 1. The predicted octanol–water partition coefficient (Wildman–Crippen LogP) is 5.19. The highest BCUT2D eigenvalue weighted by molar-refractivity contribution is 4.95. The number of unbranched alkanes of at least 4 members (excludes halogenated alkanes) is 7. The van der Waals surface area contributed by atoms with Gasteiger partial charge in [0.25, 0.3) is 0 Å². The number of ether oxygens (including phenoxy) is 1. The lowest BCUT2D eigenvalue weighted by Gasteiger charge is -2.35. The van der Waals surface area contributed by atoms with Gasteiger partial charge in [-0.15, -0.1) is 0 Å². The summed E-state index contributed by atoms with van der Waals surface area (Å²) in [7, 11) is 0. The van der Waals surface area contributed by atoms with Gasteiger partial charge in [-0.3, -0.25) is 0 Å². The molecule has 0 saturated heterocycles. The summed E-state index contributed by atoms with van der Waals surface area (Å²) in [6.07, 6.45) is 17.1. The zero-order valence-electron chi connectivity index (χ0n) is 14.0. The Morgan fingerprint density at radius 3 is 2.00 bits per heavy atom. The molecule has 2 N–H and O–H groups in total. The fourth-order valence-electron chi connectivity index (χ4n) is 3.64. The number of hydrogen-bond acceptors (Lipinski definition) is 2. The predicted molar refractivity (Wildman–Crippen MR) is 88.0 cm³/mol. The van der Waals surface area contributed by atoms with Crippen molar-refractivity contribution >= 4 is 0 Å². The molecule has 1 rings (SSSR count). The van der Waals surface area contributed by atoms with Crippen molar-refractivity contribution in [3.63, 3.8) is 0 Å². The van der Waals surface area contributed by atoms with Gasteiger partial charge in [0, 0.05) is 12.6 Å². The zero-order valence-corrected chi connectivity index (χ0v) is 14.0. The first-order chi connectivity index (χ1) is 9.75. The highest BCUT2D eigenvalue weighted by Crippen LogP contribution is 2.37. The first-order valence-corrected chi connectivity index (χ1v) is 9.14. The maximum atomic E-state index is 6.46. The first kappa shape index (κ1) is 18.0. The average Bonchev–Trinajstić information content (AvgIpc) is 2.92. The van der Waals surface area contributed by atoms with E-state index in [1.54, 1.807) is 0 Å². The first-order valence-electron chi connectivity index (χ1n) is 9.14. The highest BCUT2D eigenvalue weighted by atomic mass is 16.5. The Hall–Kier alpha value is -0.0800. The summed E-state index contributed by atoms with van der Waals surface area (Å²) >= 11 is 0. The Bertz CT molecular complexity index is 223. The molecule has 0 bridgehead atoms. The molecule has 0 radical (unpaired) electrons. The zero-order chi connectivity index (χ0) is 14.7. The Kier molecular flexibility index (Phi) is 9.54. The van der Waals surface area contributed by atoms with Crippen molar-refractivity contribution in [3.8, 4) is 0 Å². The van der Waals surface area contributed by atoms with Crippen molar-refractivity contribution in [1.29, 1.82) is 0 Å². The second-order valence-corrected chi connectivity index (χ2v) is 6.57. The van der Waals surface area contributed by atoms with Crippen LogP contribution in [0.25, 0.3) is 0 Å². The van der Waals surface area contributed by atoms with Crippen LogP contribution in [0.3, 0.4) is 0 Å². The lowest BCUT2D eigenvalue weighted by Crippen LogP contribution is -2.48.